The summed E-state index contributed by atoms with van der Waals surface area (Å²) in [6.07, 6.45) is 3.31. The topological polar surface area (TPSA) is 77.0 Å². The molecular formula is C19H25ClN4O. The summed E-state index contributed by atoms with van der Waals surface area (Å²) in [5.41, 5.74) is 0.480. The van der Waals surface area contributed by atoms with Gasteiger partial charge in [-0.2, -0.15) is 5.26 Å². The minimum Gasteiger partial charge on any atom is -0.387 e. The number of nitriles is 1. The van der Waals surface area contributed by atoms with Crippen molar-refractivity contribution in [3.63, 3.8) is 0 Å². The molecule has 0 spiro atoms. The van der Waals surface area contributed by atoms with Crippen LogP contribution in [0, 0.1) is 11.3 Å². The number of carbonyl (C=O) groups is 1. The van der Waals surface area contributed by atoms with E-state index in [0.29, 0.717) is 10.7 Å². The predicted molar refractivity (Wildman–Crippen MR) is 101 cm³/mol. The molecule has 25 heavy (non-hydrogen) atoms. The summed E-state index contributed by atoms with van der Waals surface area (Å²) in [5, 5.41) is 19.3. The zero-order chi connectivity index (χ0) is 18.7. The van der Waals surface area contributed by atoms with Gasteiger partial charge < -0.3 is 16.0 Å². The number of nitrogens with one attached hydrogen (secondary N) is 3. The Morgan fingerprint density at radius 2 is 1.88 bits per heavy atom. The smallest absolute Gasteiger partial charge is 0.267 e. The Morgan fingerprint density at radius 1 is 1.28 bits per heavy atom. The third-order valence-corrected chi connectivity index (χ3v) is 4.47. The normalized spacial score (nSPS) is 19.8. The number of nitrogens with zero attached hydrogens (tertiary/aromatic N) is 1. The second-order valence-corrected chi connectivity index (χ2v) is 8.18. The first-order chi connectivity index (χ1) is 11.6. The Kier molecular flexibility index (Phi) is 5.76. The fraction of sp³-hybridized carbons (Fsp3) is 0.474. The summed E-state index contributed by atoms with van der Waals surface area (Å²) in [7, 11) is 0. The lowest BCUT2D eigenvalue weighted by Gasteiger charge is -2.46. The lowest BCUT2D eigenvalue weighted by atomic mass is 9.80. The van der Waals surface area contributed by atoms with Crippen LogP contribution in [0.4, 0.5) is 5.69 Å². The van der Waals surface area contributed by atoms with Gasteiger partial charge in [0.05, 0.1) is 10.7 Å². The molecule has 0 atom stereocenters. The minimum absolute atomic E-state index is 0.0140. The number of anilines is 1. The van der Waals surface area contributed by atoms with Crippen LogP contribution in [0.5, 0.6) is 0 Å². The zero-order valence-corrected chi connectivity index (χ0v) is 15.9. The fourth-order valence-electron chi connectivity index (χ4n) is 3.54. The second kappa shape index (κ2) is 7.47. The van der Waals surface area contributed by atoms with Crippen molar-refractivity contribution in [2.45, 2.75) is 57.7 Å². The highest BCUT2D eigenvalue weighted by Crippen LogP contribution is 2.28. The molecule has 3 N–H and O–H groups in total. The molecule has 1 aromatic rings. The molecule has 0 saturated carbocycles. The van der Waals surface area contributed by atoms with E-state index in [0.717, 1.165) is 12.8 Å². The molecule has 1 heterocycles. The van der Waals surface area contributed by atoms with Crippen molar-refractivity contribution in [3.8, 4) is 6.07 Å². The predicted octanol–water partition coefficient (Wildman–Crippen LogP) is 3.58. The molecular weight excluding hydrogens is 336 g/mol. The number of rotatable bonds is 4. The van der Waals surface area contributed by atoms with Gasteiger partial charge in [0, 0.05) is 23.3 Å². The second-order valence-electron chi connectivity index (χ2n) is 7.77. The Labute approximate surface area is 154 Å². The van der Waals surface area contributed by atoms with Crippen molar-refractivity contribution in [2.24, 2.45) is 0 Å². The largest absolute Gasteiger partial charge is 0.387 e. The molecule has 5 nitrogen and oxygen atoms in total. The monoisotopic (exact) mass is 360 g/mol. The van der Waals surface area contributed by atoms with E-state index in [1.807, 2.05) is 6.07 Å². The van der Waals surface area contributed by atoms with Crippen molar-refractivity contribution in [1.82, 2.24) is 10.6 Å². The number of piperidine rings is 1. The van der Waals surface area contributed by atoms with Crippen LogP contribution in [-0.4, -0.2) is 23.0 Å². The van der Waals surface area contributed by atoms with Gasteiger partial charge in [0.25, 0.3) is 5.91 Å². The SMILES string of the molecule is CC1(C)CC(N/C=C(/C#N)C(=O)Nc2ccccc2Cl)CC(C)(C)N1. The van der Waals surface area contributed by atoms with Crippen molar-refractivity contribution < 1.29 is 4.79 Å². The average molecular weight is 361 g/mol. The van der Waals surface area contributed by atoms with E-state index in [1.165, 1.54) is 6.20 Å². The first-order valence-corrected chi connectivity index (χ1v) is 8.71. The Balaban J connectivity index is 2.06. The number of benzene rings is 1. The molecule has 0 bridgehead atoms. The lowest BCUT2D eigenvalue weighted by molar-refractivity contribution is -0.112. The number of hydrogen-bond acceptors (Lipinski definition) is 4. The molecule has 0 radical (unpaired) electrons. The van der Waals surface area contributed by atoms with Gasteiger partial charge in [0.1, 0.15) is 11.6 Å². The molecule has 1 amide bonds. The van der Waals surface area contributed by atoms with Crippen molar-refractivity contribution in [1.29, 1.82) is 5.26 Å². The molecule has 1 aromatic carbocycles. The number of carbonyl (C=O) groups excluding carboxylic acids is 1. The summed E-state index contributed by atoms with van der Waals surface area (Å²) in [6.45, 7) is 8.62. The van der Waals surface area contributed by atoms with Gasteiger partial charge in [-0.3, -0.25) is 4.79 Å². The molecule has 6 heteroatoms. The van der Waals surface area contributed by atoms with E-state index in [4.69, 9.17) is 11.6 Å². The molecule has 0 aromatic heterocycles. The van der Waals surface area contributed by atoms with Crippen LogP contribution in [0.25, 0.3) is 0 Å². The van der Waals surface area contributed by atoms with Crippen molar-refractivity contribution in [3.05, 3.63) is 41.1 Å². The Bertz CT molecular complexity index is 702. The van der Waals surface area contributed by atoms with Crippen molar-refractivity contribution in [2.75, 3.05) is 5.32 Å². The molecule has 1 aliphatic rings. The van der Waals surface area contributed by atoms with E-state index in [1.54, 1.807) is 24.3 Å². The zero-order valence-electron chi connectivity index (χ0n) is 15.1. The number of hydrogen-bond donors (Lipinski definition) is 3. The highest BCUT2D eigenvalue weighted by atomic mass is 35.5. The van der Waals surface area contributed by atoms with E-state index in [9.17, 15) is 10.1 Å². The highest BCUT2D eigenvalue weighted by molar-refractivity contribution is 6.33. The van der Waals surface area contributed by atoms with Crippen LogP contribution in [-0.2, 0) is 4.79 Å². The van der Waals surface area contributed by atoms with Crippen LogP contribution >= 0.6 is 11.6 Å². The van der Waals surface area contributed by atoms with E-state index >= 15 is 0 Å². The summed E-state index contributed by atoms with van der Waals surface area (Å²) < 4.78 is 0. The number of amides is 1. The summed E-state index contributed by atoms with van der Waals surface area (Å²) in [5.74, 6) is -0.476. The molecule has 0 aliphatic carbocycles. The summed E-state index contributed by atoms with van der Waals surface area (Å²) >= 11 is 6.04. The standard InChI is InChI=1S/C19H25ClN4O/c1-18(2)9-14(10-19(3,4)24-18)22-12-13(11-21)17(25)23-16-8-6-5-7-15(16)20/h5-8,12,14,22,24H,9-10H2,1-4H3,(H,23,25)/b13-12-. The number of halogens is 1. The van der Waals surface area contributed by atoms with E-state index in [2.05, 4.69) is 43.6 Å². The maximum absolute atomic E-state index is 12.3. The molecule has 134 valence electrons. The van der Waals surface area contributed by atoms with Gasteiger partial charge in [-0.05, 0) is 52.7 Å². The fourth-order valence-corrected chi connectivity index (χ4v) is 3.73. The van der Waals surface area contributed by atoms with Crippen LogP contribution in [0.3, 0.4) is 0 Å². The van der Waals surface area contributed by atoms with E-state index < -0.39 is 5.91 Å². The van der Waals surface area contributed by atoms with Gasteiger partial charge in [-0.15, -0.1) is 0 Å². The number of para-hydroxylation sites is 1. The third kappa shape index (κ3) is 5.48. The highest BCUT2D eigenvalue weighted by Gasteiger charge is 2.37. The van der Waals surface area contributed by atoms with E-state index in [-0.39, 0.29) is 22.7 Å². The van der Waals surface area contributed by atoms with Crippen LogP contribution in [0.1, 0.15) is 40.5 Å². The van der Waals surface area contributed by atoms with Gasteiger partial charge in [0.15, 0.2) is 0 Å². The summed E-state index contributed by atoms with van der Waals surface area (Å²) in [4.78, 5) is 12.3. The van der Waals surface area contributed by atoms with Gasteiger partial charge in [-0.25, -0.2) is 0 Å². The maximum Gasteiger partial charge on any atom is 0.267 e. The first-order valence-electron chi connectivity index (χ1n) is 8.33. The van der Waals surface area contributed by atoms with Gasteiger partial charge in [-0.1, -0.05) is 23.7 Å². The molecule has 1 saturated heterocycles. The van der Waals surface area contributed by atoms with Crippen molar-refractivity contribution >= 4 is 23.2 Å². The summed E-state index contributed by atoms with van der Waals surface area (Å²) in [6, 6.07) is 9.06. The molecule has 1 aliphatic heterocycles. The Morgan fingerprint density at radius 3 is 2.44 bits per heavy atom. The van der Waals surface area contributed by atoms with Crippen LogP contribution in [0.15, 0.2) is 36.0 Å². The maximum atomic E-state index is 12.3. The van der Waals surface area contributed by atoms with Gasteiger partial charge >= 0.3 is 0 Å². The lowest BCUT2D eigenvalue weighted by Crippen LogP contribution is -2.61. The molecule has 2 rings (SSSR count). The van der Waals surface area contributed by atoms with Gasteiger partial charge in [0.2, 0.25) is 0 Å². The molecule has 1 fully saturated rings. The minimum atomic E-state index is -0.476. The Hall–Kier alpha value is -2.03. The quantitative estimate of drug-likeness (QED) is 0.566. The first kappa shape index (κ1) is 19.3. The average Bonchev–Trinajstić information content (AvgIpc) is 2.47. The molecule has 0 unspecified atom stereocenters. The van der Waals surface area contributed by atoms with Crippen LogP contribution in [0.2, 0.25) is 5.02 Å². The van der Waals surface area contributed by atoms with Crippen LogP contribution < -0.4 is 16.0 Å². The third-order valence-electron chi connectivity index (χ3n) is 4.14.